The summed E-state index contributed by atoms with van der Waals surface area (Å²) in [6, 6.07) is 17.8. The van der Waals surface area contributed by atoms with Crippen molar-refractivity contribution in [1.29, 1.82) is 0 Å². The summed E-state index contributed by atoms with van der Waals surface area (Å²) < 4.78 is 16.4. The lowest BCUT2D eigenvalue weighted by atomic mass is 10.0. The Hall–Kier alpha value is -4.05. The second-order valence-electron chi connectivity index (χ2n) is 10.2. The van der Waals surface area contributed by atoms with Crippen LogP contribution in [-0.2, 0) is 28.6 Å². The third-order valence-electron chi connectivity index (χ3n) is 5.99. The van der Waals surface area contributed by atoms with Crippen LogP contribution >= 0.6 is 11.8 Å². The molecule has 2 heterocycles. The number of benzene rings is 2. The van der Waals surface area contributed by atoms with Gasteiger partial charge in [-0.1, -0.05) is 66.7 Å². The largest absolute Gasteiger partial charge is 0.462 e. The number of thioether (sulfide) groups is 1. The zero-order valence-corrected chi connectivity index (χ0v) is 23.6. The van der Waals surface area contributed by atoms with Crippen molar-refractivity contribution in [2.24, 2.45) is 0 Å². The molecule has 0 aliphatic carbocycles. The van der Waals surface area contributed by atoms with Gasteiger partial charge in [0, 0.05) is 12.7 Å². The monoisotopic (exact) mass is 564 g/mol. The van der Waals surface area contributed by atoms with Crippen LogP contribution in [0.15, 0.2) is 84.1 Å². The normalized spacial score (nSPS) is 18.7. The smallest absolute Gasteiger partial charge is 0.408 e. The van der Waals surface area contributed by atoms with Crippen molar-refractivity contribution in [2.75, 3.05) is 12.4 Å². The number of ether oxygens (including phenoxy) is 3. The first-order valence-electron chi connectivity index (χ1n) is 12.8. The van der Waals surface area contributed by atoms with Crippen LogP contribution in [0.2, 0.25) is 0 Å². The third-order valence-corrected chi connectivity index (χ3v) is 7.30. The molecule has 2 aromatic carbocycles. The summed E-state index contributed by atoms with van der Waals surface area (Å²) >= 11 is 1.40. The number of esters is 2. The number of carbonyl (C=O) groups excluding carboxylic acids is 4. The Morgan fingerprint density at radius 3 is 2.20 bits per heavy atom. The minimum Gasteiger partial charge on any atom is -0.462 e. The highest BCUT2D eigenvalue weighted by atomic mass is 32.2. The number of nitrogens with one attached hydrogen (secondary N) is 1. The fourth-order valence-electron chi connectivity index (χ4n) is 4.30. The van der Waals surface area contributed by atoms with Crippen molar-refractivity contribution in [3.8, 4) is 0 Å². The van der Waals surface area contributed by atoms with Gasteiger partial charge in [0.2, 0.25) is 0 Å². The summed E-state index contributed by atoms with van der Waals surface area (Å²) in [6.45, 7) is 6.53. The second kappa shape index (κ2) is 12.4. The molecule has 1 N–H and O–H groups in total. The van der Waals surface area contributed by atoms with Crippen LogP contribution in [0.4, 0.5) is 4.79 Å². The van der Waals surface area contributed by atoms with Crippen molar-refractivity contribution < 1.29 is 33.4 Å². The van der Waals surface area contributed by atoms with Gasteiger partial charge in [0.25, 0.3) is 5.91 Å². The van der Waals surface area contributed by atoms with Gasteiger partial charge in [-0.15, -0.1) is 11.8 Å². The molecule has 2 amide bonds. The highest BCUT2D eigenvalue weighted by molar-refractivity contribution is 8.00. The topological polar surface area (TPSA) is 111 Å². The molecule has 40 heavy (non-hydrogen) atoms. The molecular weight excluding hydrogens is 532 g/mol. The molecule has 1 saturated heterocycles. The Bertz CT molecular complexity index is 1280. The molecule has 0 spiro atoms. The van der Waals surface area contributed by atoms with Crippen LogP contribution < -0.4 is 5.32 Å². The van der Waals surface area contributed by atoms with Crippen molar-refractivity contribution >= 4 is 35.7 Å². The first-order valence-corrected chi connectivity index (χ1v) is 13.9. The van der Waals surface area contributed by atoms with E-state index in [1.807, 2.05) is 60.7 Å². The Morgan fingerprint density at radius 2 is 1.65 bits per heavy atom. The van der Waals surface area contributed by atoms with E-state index in [0.717, 1.165) is 11.1 Å². The summed E-state index contributed by atoms with van der Waals surface area (Å²) in [6.07, 6.45) is 1.84. The van der Waals surface area contributed by atoms with E-state index in [-0.39, 0.29) is 12.3 Å². The van der Waals surface area contributed by atoms with Gasteiger partial charge in [-0.3, -0.25) is 14.5 Å². The maximum Gasteiger partial charge on any atom is 0.408 e. The van der Waals surface area contributed by atoms with Crippen LogP contribution in [0, 0.1) is 0 Å². The molecule has 210 valence electrons. The number of β-lactam (4-membered cyclic amide) rings is 1. The minimum absolute atomic E-state index is 0.0166. The number of nitrogens with zero attached hydrogens (tertiary/aromatic N) is 1. The predicted molar refractivity (Wildman–Crippen MR) is 150 cm³/mol. The van der Waals surface area contributed by atoms with E-state index in [2.05, 4.69) is 5.32 Å². The van der Waals surface area contributed by atoms with Gasteiger partial charge in [-0.2, -0.15) is 0 Å². The molecule has 0 radical (unpaired) electrons. The number of rotatable bonds is 8. The van der Waals surface area contributed by atoms with Gasteiger partial charge in [0.1, 0.15) is 29.3 Å². The lowest BCUT2D eigenvalue weighted by Crippen LogP contribution is -2.70. The minimum atomic E-state index is -0.853. The van der Waals surface area contributed by atoms with E-state index in [9.17, 15) is 19.2 Å². The number of amides is 2. The van der Waals surface area contributed by atoms with E-state index < -0.39 is 47.1 Å². The average Bonchev–Trinajstić information content (AvgIpc) is 2.92. The summed E-state index contributed by atoms with van der Waals surface area (Å²) in [5, 5.41) is 2.12. The van der Waals surface area contributed by atoms with Crippen LogP contribution in [0.25, 0.3) is 0 Å². The van der Waals surface area contributed by atoms with Crippen LogP contribution in [0.3, 0.4) is 0 Å². The fraction of sp³-hybridized carbons (Fsp3) is 0.333. The van der Waals surface area contributed by atoms with Gasteiger partial charge < -0.3 is 19.5 Å². The number of allylic oxidation sites excluding steroid dienone is 1. The van der Waals surface area contributed by atoms with Crippen LogP contribution in [0.5, 0.6) is 0 Å². The highest BCUT2D eigenvalue weighted by Gasteiger charge is 2.54. The molecule has 2 aromatic rings. The molecule has 0 aromatic heterocycles. The molecule has 0 saturated carbocycles. The summed E-state index contributed by atoms with van der Waals surface area (Å²) in [5.74, 6) is -1.20. The van der Waals surface area contributed by atoms with Gasteiger partial charge in [0.15, 0.2) is 6.10 Å². The Morgan fingerprint density at radius 1 is 1.05 bits per heavy atom. The van der Waals surface area contributed by atoms with E-state index in [1.165, 1.54) is 23.6 Å². The first-order chi connectivity index (χ1) is 19.0. The maximum atomic E-state index is 13.8. The zero-order chi connectivity index (χ0) is 28.9. The number of hydrogen-bond acceptors (Lipinski definition) is 8. The Labute approximate surface area is 237 Å². The molecular formula is C30H32N2O7S. The Kier molecular flexibility index (Phi) is 8.99. The molecule has 0 bridgehead atoms. The Balaban J connectivity index is 1.63. The quantitative estimate of drug-likeness (QED) is 0.284. The molecule has 1 fully saturated rings. The molecule has 2 aliphatic rings. The standard InChI is InChI=1S/C30H32N2O7S/c1-19(33)37-17-11-16-22-18-40-27-23(31-29(36)39-30(2,3)4)26(34)32(27)24(22)28(35)38-25(20-12-7-5-8-13-20)21-14-9-6-10-15-21/h5-16,23,25,27H,17-18H2,1-4H3,(H,31,36)/b16-11+/t23-,27-/m1/s1. The number of alkyl carbamates (subject to hydrolysis) is 1. The maximum absolute atomic E-state index is 13.8. The van der Waals surface area contributed by atoms with E-state index in [4.69, 9.17) is 14.2 Å². The number of fused-ring (bicyclic) bond motifs is 1. The lowest BCUT2D eigenvalue weighted by molar-refractivity contribution is -0.153. The highest BCUT2D eigenvalue weighted by Crippen LogP contribution is 2.42. The van der Waals surface area contributed by atoms with Gasteiger partial charge in [-0.25, -0.2) is 9.59 Å². The SMILES string of the molecule is CC(=O)OC/C=C/C1=C(C(=O)OC(c2ccccc2)c2ccccc2)N2C(=O)[C@@H](NC(=O)OC(C)(C)C)[C@H]2SC1. The predicted octanol–water partition coefficient (Wildman–Crippen LogP) is 4.50. The fourth-order valence-corrected chi connectivity index (χ4v) is 5.62. The van der Waals surface area contributed by atoms with Gasteiger partial charge in [-0.05, 0) is 43.5 Å². The molecule has 10 heteroatoms. The summed E-state index contributed by atoms with van der Waals surface area (Å²) in [4.78, 5) is 52.1. The average molecular weight is 565 g/mol. The summed E-state index contributed by atoms with van der Waals surface area (Å²) in [5.41, 5.74) is 1.45. The molecule has 2 aliphatic heterocycles. The number of carbonyl (C=O) groups is 4. The molecule has 0 unspecified atom stereocenters. The van der Waals surface area contributed by atoms with E-state index >= 15 is 0 Å². The van der Waals surface area contributed by atoms with Crippen LogP contribution in [-0.4, -0.2) is 58.2 Å². The third kappa shape index (κ3) is 6.93. The van der Waals surface area contributed by atoms with Crippen molar-refractivity contribution in [1.82, 2.24) is 10.2 Å². The van der Waals surface area contributed by atoms with Crippen molar-refractivity contribution in [2.45, 2.75) is 50.8 Å². The lowest BCUT2D eigenvalue weighted by Gasteiger charge is -2.49. The van der Waals surface area contributed by atoms with Gasteiger partial charge >= 0.3 is 18.0 Å². The molecule has 2 atom stereocenters. The van der Waals surface area contributed by atoms with Gasteiger partial charge in [0.05, 0.1) is 0 Å². The number of hydrogen-bond donors (Lipinski definition) is 1. The second-order valence-corrected chi connectivity index (χ2v) is 11.3. The summed E-state index contributed by atoms with van der Waals surface area (Å²) in [7, 11) is 0. The molecule has 4 rings (SSSR count). The molecule has 9 nitrogen and oxygen atoms in total. The van der Waals surface area contributed by atoms with Crippen molar-refractivity contribution in [3.05, 3.63) is 95.2 Å². The first kappa shape index (κ1) is 28.9. The van der Waals surface area contributed by atoms with Crippen LogP contribution in [0.1, 0.15) is 44.9 Å². The zero-order valence-electron chi connectivity index (χ0n) is 22.8. The van der Waals surface area contributed by atoms with E-state index in [0.29, 0.717) is 11.3 Å². The van der Waals surface area contributed by atoms with E-state index in [1.54, 1.807) is 32.9 Å². The van der Waals surface area contributed by atoms with Crippen molar-refractivity contribution in [3.63, 3.8) is 0 Å².